The predicted molar refractivity (Wildman–Crippen MR) is 73.9 cm³/mol. The van der Waals surface area contributed by atoms with Crippen molar-refractivity contribution in [3.63, 3.8) is 0 Å². The van der Waals surface area contributed by atoms with Crippen molar-refractivity contribution in [1.82, 2.24) is 10.1 Å². The van der Waals surface area contributed by atoms with E-state index < -0.39 is 0 Å². The summed E-state index contributed by atoms with van der Waals surface area (Å²) in [5.41, 5.74) is 0.588. The maximum absolute atomic E-state index is 9.75. The van der Waals surface area contributed by atoms with Crippen LogP contribution >= 0.6 is 23.5 Å². The lowest BCUT2D eigenvalue weighted by atomic mass is 10.2. The first-order valence-corrected chi connectivity index (χ1v) is 7.86. The molecule has 2 aromatic rings. The lowest BCUT2D eigenvalue weighted by Crippen LogP contribution is -2.07. The minimum Gasteiger partial charge on any atom is -0.507 e. The minimum atomic E-state index is 0.165. The quantitative estimate of drug-likeness (QED) is 0.912. The van der Waals surface area contributed by atoms with Crippen LogP contribution in [-0.4, -0.2) is 32.5 Å². The number of para-hydroxylation sites is 1. The van der Waals surface area contributed by atoms with Gasteiger partial charge in [-0.25, -0.2) is 0 Å². The van der Waals surface area contributed by atoms with E-state index in [1.54, 1.807) is 18.2 Å². The van der Waals surface area contributed by atoms with E-state index in [1.807, 2.05) is 29.6 Å². The Balaban J connectivity index is 1.87. The van der Waals surface area contributed by atoms with Crippen molar-refractivity contribution < 1.29 is 9.63 Å². The fourth-order valence-electron chi connectivity index (χ4n) is 1.77. The van der Waals surface area contributed by atoms with Gasteiger partial charge in [0.1, 0.15) is 5.75 Å². The molecule has 1 N–H and O–H groups in total. The molecule has 1 fully saturated rings. The zero-order valence-electron chi connectivity index (χ0n) is 9.57. The number of aromatic nitrogens is 2. The molecule has 1 aliphatic rings. The van der Waals surface area contributed by atoms with E-state index in [-0.39, 0.29) is 5.75 Å². The average Bonchev–Trinajstić information content (AvgIpc) is 2.90. The number of nitrogens with zero attached hydrogens (tertiary/aromatic N) is 2. The van der Waals surface area contributed by atoms with Crippen molar-refractivity contribution >= 4 is 23.5 Å². The van der Waals surface area contributed by atoms with E-state index in [2.05, 4.69) is 10.1 Å². The molecular formula is C12H12N2O2S2. The Hall–Kier alpha value is -1.14. The van der Waals surface area contributed by atoms with Gasteiger partial charge in [0.15, 0.2) is 5.82 Å². The van der Waals surface area contributed by atoms with Crippen LogP contribution in [0.2, 0.25) is 0 Å². The number of benzene rings is 1. The van der Waals surface area contributed by atoms with Crippen molar-refractivity contribution in [3.05, 3.63) is 30.1 Å². The lowest BCUT2D eigenvalue weighted by molar-refractivity contribution is 0.418. The largest absolute Gasteiger partial charge is 0.507 e. The second kappa shape index (κ2) is 5.24. The third-order valence-corrected chi connectivity index (χ3v) is 5.43. The second-order valence-electron chi connectivity index (χ2n) is 3.91. The van der Waals surface area contributed by atoms with Gasteiger partial charge in [-0.3, -0.25) is 0 Å². The summed E-state index contributed by atoms with van der Waals surface area (Å²) in [5, 5.41) is 14.1. The molecule has 1 aromatic heterocycles. The Bertz CT molecular complexity index is 538. The predicted octanol–water partition coefficient (Wildman–Crippen LogP) is 2.96. The molecule has 1 unspecified atom stereocenters. The summed E-state index contributed by atoms with van der Waals surface area (Å²) >= 11 is 3.77. The van der Waals surface area contributed by atoms with Gasteiger partial charge >= 0.3 is 0 Å². The molecule has 2 heterocycles. The lowest BCUT2D eigenvalue weighted by Gasteiger charge is -2.16. The van der Waals surface area contributed by atoms with E-state index in [0.29, 0.717) is 16.7 Å². The molecule has 0 spiro atoms. The second-order valence-corrected chi connectivity index (χ2v) is 6.37. The molecule has 0 amide bonds. The van der Waals surface area contributed by atoms with E-state index in [9.17, 15) is 5.11 Å². The summed E-state index contributed by atoms with van der Waals surface area (Å²) in [6.45, 7) is 0. The zero-order chi connectivity index (χ0) is 12.4. The summed E-state index contributed by atoms with van der Waals surface area (Å²) in [6.07, 6.45) is 0. The highest BCUT2D eigenvalue weighted by atomic mass is 32.2. The maximum Gasteiger partial charge on any atom is 0.261 e. The van der Waals surface area contributed by atoms with Crippen LogP contribution in [0.25, 0.3) is 11.5 Å². The molecule has 1 aromatic carbocycles. The number of rotatable bonds is 2. The van der Waals surface area contributed by atoms with Crippen LogP contribution < -0.4 is 0 Å². The van der Waals surface area contributed by atoms with Gasteiger partial charge in [-0.2, -0.15) is 16.7 Å². The first-order chi connectivity index (χ1) is 8.84. The van der Waals surface area contributed by atoms with Crippen LogP contribution in [0.1, 0.15) is 11.1 Å². The Labute approximate surface area is 113 Å². The Morgan fingerprint density at radius 2 is 2.17 bits per heavy atom. The summed E-state index contributed by atoms with van der Waals surface area (Å²) < 4.78 is 5.24. The molecule has 0 saturated carbocycles. The first-order valence-electron chi connectivity index (χ1n) is 5.66. The average molecular weight is 280 g/mol. The van der Waals surface area contributed by atoms with Crippen molar-refractivity contribution in [3.8, 4) is 17.2 Å². The fourth-order valence-corrected chi connectivity index (χ4v) is 4.36. The number of phenolic OH excluding ortho intramolecular Hbond substituents is 1. The molecule has 18 heavy (non-hydrogen) atoms. The van der Waals surface area contributed by atoms with Gasteiger partial charge < -0.3 is 9.63 Å². The van der Waals surface area contributed by atoms with Gasteiger partial charge in [0.05, 0.1) is 10.8 Å². The van der Waals surface area contributed by atoms with E-state index in [0.717, 1.165) is 17.3 Å². The number of phenols is 1. The summed E-state index contributed by atoms with van der Waals surface area (Å²) in [5.74, 6) is 4.61. The molecule has 94 valence electrons. The topological polar surface area (TPSA) is 59.2 Å². The van der Waals surface area contributed by atoms with Gasteiger partial charge in [0.25, 0.3) is 5.89 Å². The van der Waals surface area contributed by atoms with Gasteiger partial charge in [0.2, 0.25) is 0 Å². The molecule has 6 heteroatoms. The van der Waals surface area contributed by atoms with Gasteiger partial charge in [-0.05, 0) is 12.1 Å². The fraction of sp³-hybridized carbons (Fsp3) is 0.333. The Morgan fingerprint density at radius 3 is 2.94 bits per heavy atom. The van der Waals surface area contributed by atoms with Crippen LogP contribution in [0.3, 0.4) is 0 Å². The van der Waals surface area contributed by atoms with Gasteiger partial charge in [-0.1, -0.05) is 17.3 Å². The van der Waals surface area contributed by atoms with Crippen molar-refractivity contribution in [1.29, 1.82) is 0 Å². The zero-order valence-corrected chi connectivity index (χ0v) is 11.2. The number of hydrogen-bond donors (Lipinski definition) is 1. The molecule has 0 bridgehead atoms. The van der Waals surface area contributed by atoms with Crippen molar-refractivity contribution in [2.45, 2.75) is 5.25 Å². The van der Waals surface area contributed by atoms with Crippen molar-refractivity contribution in [2.75, 3.05) is 17.3 Å². The van der Waals surface area contributed by atoms with Crippen LogP contribution in [0.15, 0.2) is 28.8 Å². The van der Waals surface area contributed by atoms with Gasteiger partial charge in [0, 0.05) is 17.3 Å². The molecule has 4 nitrogen and oxygen atoms in total. The third-order valence-electron chi connectivity index (χ3n) is 2.68. The normalized spacial score (nSPS) is 19.9. The molecular weight excluding hydrogens is 268 g/mol. The number of hydrogen-bond acceptors (Lipinski definition) is 6. The first kappa shape index (κ1) is 11.9. The molecule has 3 rings (SSSR count). The maximum atomic E-state index is 9.75. The van der Waals surface area contributed by atoms with Crippen LogP contribution in [-0.2, 0) is 0 Å². The van der Waals surface area contributed by atoms with Crippen LogP contribution in [0.4, 0.5) is 0 Å². The van der Waals surface area contributed by atoms with E-state index >= 15 is 0 Å². The summed E-state index contributed by atoms with van der Waals surface area (Å²) in [7, 11) is 0. The monoisotopic (exact) mass is 280 g/mol. The highest BCUT2D eigenvalue weighted by molar-refractivity contribution is 8.06. The van der Waals surface area contributed by atoms with Crippen LogP contribution in [0.5, 0.6) is 5.75 Å². The van der Waals surface area contributed by atoms with E-state index in [1.165, 1.54) is 5.75 Å². The highest BCUT2D eigenvalue weighted by Crippen LogP contribution is 2.36. The molecule has 0 radical (unpaired) electrons. The molecule has 1 atom stereocenters. The van der Waals surface area contributed by atoms with E-state index in [4.69, 9.17) is 4.52 Å². The molecule has 1 saturated heterocycles. The Kier molecular flexibility index (Phi) is 3.47. The summed E-state index contributed by atoms with van der Waals surface area (Å²) in [6, 6.07) is 6.99. The highest BCUT2D eigenvalue weighted by Gasteiger charge is 2.22. The minimum absolute atomic E-state index is 0.165. The SMILES string of the molecule is Oc1ccccc1-c1nc(C2CSCCS2)no1. The summed E-state index contributed by atoms with van der Waals surface area (Å²) in [4.78, 5) is 4.39. The van der Waals surface area contributed by atoms with Gasteiger partial charge in [-0.15, -0.1) is 11.8 Å². The number of aromatic hydroxyl groups is 1. The molecule has 0 aliphatic carbocycles. The van der Waals surface area contributed by atoms with Crippen LogP contribution in [0, 0.1) is 0 Å². The van der Waals surface area contributed by atoms with Crippen molar-refractivity contribution in [2.24, 2.45) is 0 Å². The smallest absolute Gasteiger partial charge is 0.261 e. The molecule has 1 aliphatic heterocycles. The standard InChI is InChI=1S/C12H12N2O2S2/c15-9-4-2-1-3-8(9)12-13-11(14-16-12)10-7-17-5-6-18-10/h1-4,10,15H,5-7H2. The Morgan fingerprint density at radius 1 is 1.28 bits per heavy atom. The number of thioether (sulfide) groups is 2. The third kappa shape index (κ3) is 2.35.